The second kappa shape index (κ2) is 6.91. The summed E-state index contributed by atoms with van der Waals surface area (Å²) in [4.78, 5) is 12.9. The lowest BCUT2D eigenvalue weighted by molar-refractivity contribution is -0.115. The van der Waals surface area contributed by atoms with Gasteiger partial charge in [0.1, 0.15) is 0 Å². The average molecular weight is 323 g/mol. The number of hydrogen-bond donors (Lipinski definition) is 2. The van der Waals surface area contributed by atoms with Gasteiger partial charge in [0.15, 0.2) is 5.11 Å². The molecule has 0 aliphatic carbocycles. The highest BCUT2D eigenvalue weighted by molar-refractivity contribution is 7.80. The van der Waals surface area contributed by atoms with Crippen molar-refractivity contribution >= 4 is 46.9 Å². The number of nitrogens with zero attached hydrogens (tertiary/aromatic N) is 4. The number of carbonyl (C=O) groups is 1. The largest absolute Gasteiger partial charge is 0.299 e. The van der Waals surface area contributed by atoms with E-state index in [1.165, 1.54) is 10.9 Å². The topological polar surface area (TPSA) is 84.7 Å². The third-order valence-corrected chi connectivity index (χ3v) is 2.72. The highest BCUT2D eigenvalue weighted by atomic mass is 35.5. The number of anilines is 1. The standard InChI is InChI=1S/C12H11ClN6OS/c1-19-17-11(16-18-19)15-12(21)14-10(20)7-4-8-2-5-9(13)6-3-8/h2-7H,1H3,(H2,14,15,17,20,21)/b7-4+. The Hall–Kier alpha value is -2.32. The molecule has 7 nitrogen and oxygen atoms in total. The first kappa shape index (κ1) is 15.1. The van der Waals surface area contributed by atoms with Gasteiger partial charge >= 0.3 is 0 Å². The van der Waals surface area contributed by atoms with E-state index in [0.29, 0.717) is 5.02 Å². The molecule has 1 amide bonds. The van der Waals surface area contributed by atoms with E-state index in [4.69, 9.17) is 23.8 Å². The van der Waals surface area contributed by atoms with Crippen molar-refractivity contribution in [3.05, 3.63) is 40.9 Å². The third-order valence-electron chi connectivity index (χ3n) is 2.27. The minimum absolute atomic E-state index is 0.0914. The van der Waals surface area contributed by atoms with Crippen LogP contribution in [0.5, 0.6) is 0 Å². The first-order valence-corrected chi connectivity index (χ1v) is 6.61. The number of tetrazole rings is 1. The van der Waals surface area contributed by atoms with E-state index in [1.807, 2.05) is 0 Å². The number of benzene rings is 1. The summed E-state index contributed by atoms with van der Waals surface area (Å²) < 4.78 is 0. The fourth-order valence-electron chi connectivity index (χ4n) is 1.37. The molecule has 2 aromatic rings. The predicted molar refractivity (Wildman–Crippen MR) is 83.6 cm³/mol. The summed E-state index contributed by atoms with van der Waals surface area (Å²) in [6, 6.07) is 7.08. The highest BCUT2D eigenvalue weighted by Gasteiger charge is 2.05. The van der Waals surface area contributed by atoms with Crippen molar-refractivity contribution in [2.45, 2.75) is 0 Å². The Bertz CT molecular complexity index is 681. The van der Waals surface area contributed by atoms with Crippen molar-refractivity contribution in [1.82, 2.24) is 25.5 Å². The summed E-state index contributed by atoms with van der Waals surface area (Å²) in [5, 5.41) is 17.0. The van der Waals surface area contributed by atoms with Crippen LogP contribution in [0.3, 0.4) is 0 Å². The van der Waals surface area contributed by atoms with Gasteiger partial charge in [-0.25, -0.2) is 0 Å². The number of halogens is 1. The van der Waals surface area contributed by atoms with E-state index in [9.17, 15) is 4.79 Å². The van der Waals surface area contributed by atoms with Crippen LogP contribution in [-0.4, -0.2) is 31.2 Å². The number of amides is 1. The van der Waals surface area contributed by atoms with E-state index >= 15 is 0 Å². The van der Waals surface area contributed by atoms with Crippen LogP contribution in [0.2, 0.25) is 5.02 Å². The van der Waals surface area contributed by atoms with E-state index < -0.39 is 0 Å². The van der Waals surface area contributed by atoms with Crippen LogP contribution in [0, 0.1) is 0 Å². The summed E-state index contributed by atoms with van der Waals surface area (Å²) in [6.07, 6.45) is 3.01. The Balaban J connectivity index is 1.86. The fourth-order valence-corrected chi connectivity index (χ4v) is 1.68. The van der Waals surface area contributed by atoms with E-state index in [-0.39, 0.29) is 17.0 Å². The monoisotopic (exact) mass is 322 g/mol. The Morgan fingerprint density at radius 3 is 2.71 bits per heavy atom. The first-order chi connectivity index (χ1) is 10.0. The Labute approximate surface area is 131 Å². The molecule has 0 unspecified atom stereocenters. The molecular weight excluding hydrogens is 312 g/mol. The maximum atomic E-state index is 11.7. The fraction of sp³-hybridized carbons (Fsp3) is 0.0833. The highest BCUT2D eigenvalue weighted by Crippen LogP contribution is 2.10. The summed E-state index contributed by atoms with van der Waals surface area (Å²) in [5.41, 5.74) is 0.851. The van der Waals surface area contributed by atoms with Crippen molar-refractivity contribution < 1.29 is 4.79 Å². The van der Waals surface area contributed by atoms with Crippen molar-refractivity contribution in [1.29, 1.82) is 0 Å². The van der Waals surface area contributed by atoms with Crippen LogP contribution in [0.4, 0.5) is 5.95 Å². The van der Waals surface area contributed by atoms with Crippen LogP contribution in [0.25, 0.3) is 6.08 Å². The normalized spacial score (nSPS) is 10.6. The van der Waals surface area contributed by atoms with Crippen molar-refractivity contribution in [2.24, 2.45) is 7.05 Å². The molecule has 2 rings (SSSR count). The molecule has 21 heavy (non-hydrogen) atoms. The van der Waals surface area contributed by atoms with Crippen LogP contribution in [0.15, 0.2) is 30.3 Å². The number of thiocarbonyl (C=S) groups is 1. The first-order valence-electron chi connectivity index (χ1n) is 5.82. The lowest BCUT2D eigenvalue weighted by Crippen LogP contribution is -2.33. The molecule has 108 valence electrons. The number of aromatic nitrogens is 4. The molecular formula is C12H11ClN6OS. The second-order valence-corrected chi connectivity index (χ2v) is 4.78. The molecule has 0 aliphatic heterocycles. The maximum Gasteiger partial charge on any atom is 0.269 e. The zero-order chi connectivity index (χ0) is 15.2. The summed E-state index contributed by atoms with van der Waals surface area (Å²) in [7, 11) is 1.62. The molecule has 0 saturated heterocycles. The van der Waals surface area contributed by atoms with Gasteiger partial charge in [-0.15, -0.1) is 5.10 Å². The van der Waals surface area contributed by atoms with Gasteiger partial charge in [0.2, 0.25) is 5.91 Å². The lowest BCUT2D eigenvalue weighted by atomic mass is 10.2. The number of carbonyl (C=O) groups excluding carboxylic acids is 1. The minimum Gasteiger partial charge on any atom is -0.299 e. The van der Waals surface area contributed by atoms with E-state index in [1.54, 1.807) is 37.4 Å². The smallest absolute Gasteiger partial charge is 0.269 e. The molecule has 0 fully saturated rings. The average Bonchev–Trinajstić information content (AvgIpc) is 2.83. The van der Waals surface area contributed by atoms with Gasteiger partial charge in [-0.2, -0.15) is 4.80 Å². The van der Waals surface area contributed by atoms with Gasteiger partial charge in [-0.3, -0.25) is 15.4 Å². The summed E-state index contributed by atoms with van der Waals surface area (Å²) in [5.74, 6) is -0.157. The van der Waals surface area contributed by atoms with Crippen LogP contribution in [0.1, 0.15) is 5.56 Å². The number of hydrogen-bond acceptors (Lipinski definition) is 5. The Morgan fingerprint density at radius 2 is 2.10 bits per heavy atom. The molecule has 0 bridgehead atoms. The number of nitrogens with one attached hydrogen (secondary N) is 2. The molecule has 0 saturated carbocycles. The molecule has 0 radical (unpaired) electrons. The molecule has 0 aliphatic rings. The quantitative estimate of drug-likeness (QED) is 0.656. The van der Waals surface area contributed by atoms with Crippen molar-refractivity contribution in [2.75, 3.05) is 5.32 Å². The minimum atomic E-state index is -0.369. The van der Waals surface area contributed by atoms with Crippen LogP contribution >= 0.6 is 23.8 Å². The zero-order valence-corrected chi connectivity index (χ0v) is 12.5. The van der Waals surface area contributed by atoms with Crippen molar-refractivity contribution in [3.8, 4) is 0 Å². The summed E-state index contributed by atoms with van der Waals surface area (Å²) in [6.45, 7) is 0. The zero-order valence-electron chi connectivity index (χ0n) is 10.9. The lowest BCUT2D eigenvalue weighted by Gasteiger charge is -2.03. The molecule has 9 heteroatoms. The second-order valence-electron chi connectivity index (χ2n) is 3.93. The van der Waals surface area contributed by atoms with Gasteiger partial charge in [-0.1, -0.05) is 28.8 Å². The molecule has 2 N–H and O–H groups in total. The van der Waals surface area contributed by atoms with Gasteiger partial charge < -0.3 is 0 Å². The summed E-state index contributed by atoms with van der Waals surface area (Å²) >= 11 is 10.7. The maximum absolute atomic E-state index is 11.7. The number of rotatable bonds is 3. The van der Waals surface area contributed by atoms with Gasteiger partial charge in [0.25, 0.3) is 5.95 Å². The van der Waals surface area contributed by atoms with Crippen LogP contribution < -0.4 is 10.6 Å². The molecule has 1 aromatic heterocycles. The van der Waals surface area contributed by atoms with E-state index in [0.717, 1.165) is 5.56 Å². The Kier molecular flexibility index (Phi) is 4.96. The third kappa shape index (κ3) is 4.93. The molecule has 1 heterocycles. The van der Waals surface area contributed by atoms with E-state index in [2.05, 4.69) is 26.0 Å². The molecule has 1 aromatic carbocycles. The number of aryl methyl sites for hydroxylation is 1. The van der Waals surface area contributed by atoms with Crippen molar-refractivity contribution in [3.63, 3.8) is 0 Å². The van der Waals surface area contributed by atoms with Crippen LogP contribution in [-0.2, 0) is 11.8 Å². The predicted octanol–water partition coefficient (Wildman–Crippen LogP) is 1.39. The van der Waals surface area contributed by atoms with Gasteiger partial charge in [0, 0.05) is 11.1 Å². The molecule has 0 spiro atoms. The Morgan fingerprint density at radius 1 is 1.38 bits per heavy atom. The van der Waals surface area contributed by atoms with Gasteiger partial charge in [-0.05, 0) is 41.2 Å². The van der Waals surface area contributed by atoms with Gasteiger partial charge in [0.05, 0.1) is 7.05 Å². The SMILES string of the molecule is Cn1nnc(NC(=S)NC(=O)/C=C/c2ccc(Cl)cc2)n1. The molecule has 0 atom stereocenters.